The minimum Gasteiger partial charge on any atom is -0.355 e. The molecule has 0 aromatic rings. The third-order valence-electron chi connectivity index (χ3n) is 5.66. The van der Waals surface area contributed by atoms with E-state index < -0.39 is 6.29 Å². The van der Waals surface area contributed by atoms with Gasteiger partial charge in [-0.15, -0.1) is 0 Å². The molecule has 3 nitrogen and oxygen atoms in total. The molecule has 2 rings (SSSR count). The minimum atomic E-state index is -0.417. The van der Waals surface area contributed by atoms with Crippen LogP contribution in [0.15, 0.2) is 12.2 Å². The summed E-state index contributed by atoms with van der Waals surface area (Å²) < 4.78 is 10.4. The number of ether oxygens (including phenoxy) is 2. The second-order valence-corrected chi connectivity index (χ2v) is 6.54. The molecule has 3 heteroatoms. The van der Waals surface area contributed by atoms with Gasteiger partial charge in [-0.05, 0) is 30.6 Å². The van der Waals surface area contributed by atoms with Crippen molar-refractivity contribution >= 4 is 5.78 Å². The highest BCUT2D eigenvalue weighted by molar-refractivity contribution is 5.86. The van der Waals surface area contributed by atoms with Crippen LogP contribution in [0.5, 0.6) is 0 Å². The summed E-state index contributed by atoms with van der Waals surface area (Å²) in [5.74, 6) is 1.65. The Bertz CT molecular complexity index is 372. The van der Waals surface area contributed by atoms with Crippen molar-refractivity contribution in [2.24, 2.45) is 23.2 Å². The van der Waals surface area contributed by atoms with Gasteiger partial charge in [0.25, 0.3) is 0 Å². The fraction of sp³-hybridized carbons (Fsp3) is 0.824. The lowest BCUT2D eigenvalue weighted by atomic mass is 9.55. The van der Waals surface area contributed by atoms with Crippen molar-refractivity contribution < 1.29 is 14.3 Å². The molecule has 114 valence electrons. The average molecular weight is 280 g/mol. The molecule has 0 bridgehead atoms. The molecular weight excluding hydrogens is 252 g/mol. The van der Waals surface area contributed by atoms with Crippen molar-refractivity contribution in [2.75, 3.05) is 14.2 Å². The summed E-state index contributed by atoms with van der Waals surface area (Å²) in [5.41, 5.74) is -0.269. The first-order valence-corrected chi connectivity index (χ1v) is 7.81. The van der Waals surface area contributed by atoms with Crippen LogP contribution < -0.4 is 0 Å². The molecular formula is C17H28O3. The Kier molecular flexibility index (Phi) is 5.03. The van der Waals surface area contributed by atoms with E-state index >= 15 is 0 Å². The van der Waals surface area contributed by atoms with Crippen LogP contribution in [0.1, 0.15) is 46.0 Å². The van der Waals surface area contributed by atoms with Crippen LogP contribution in [-0.4, -0.2) is 26.3 Å². The number of carbonyl (C=O) groups excluding carboxylic acids is 1. The number of fused-ring (bicyclic) bond motifs is 1. The van der Waals surface area contributed by atoms with Crippen molar-refractivity contribution in [1.82, 2.24) is 0 Å². The number of allylic oxidation sites excluding steroid dienone is 2. The quantitative estimate of drug-likeness (QED) is 0.570. The molecule has 2 aliphatic carbocycles. The summed E-state index contributed by atoms with van der Waals surface area (Å²) in [6, 6.07) is 0. The van der Waals surface area contributed by atoms with Gasteiger partial charge in [-0.25, -0.2) is 0 Å². The second kappa shape index (κ2) is 6.40. The molecule has 0 spiro atoms. The van der Waals surface area contributed by atoms with Crippen molar-refractivity contribution in [3.05, 3.63) is 12.2 Å². The molecule has 2 aliphatic rings. The van der Waals surface area contributed by atoms with E-state index in [0.717, 1.165) is 0 Å². The van der Waals surface area contributed by atoms with Crippen LogP contribution in [0.4, 0.5) is 0 Å². The first kappa shape index (κ1) is 15.7. The van der Waals surface area contributed by atoms with E-state index in [-0.39, 0.29) is 5.41 Å². The van der Waals surface area contributed by atoms with Gasteiger partial charge in [0, 0.05) is 19.6 Å². The summed E-state index contributed by atoms with van der Waals surface area (Å²) in [4.78, 5) is 12.9. The van der Waals surface area contributed by atoms with Gasteiger partial charge in [0.15, 0.2) is 6.29 Å². The maximum absolute atomic E-state index is 12.9. The van der Waals surface area contributed by atoms with E-state index in [0.29, 0.717) is 30.0 Å². The predicted molar refractivity (Wildman–Crippen MR) is 79.3 cm³/mol. The molecule has 1 saturated carbocycles. The Balaban J connectivity index is 2.20. The topological polar surface area (TPSA) is 35.5 Å². The highest BCUT2D eigenvalue weighted by atomic mass is 16.7. The van der Waals surface area contributed by atoms with Crippen molar-refractivity contribution in [2.45, 2.75) is 52.2 Å². The highest BCUT2D eigenvalue weighted by Crippen LogP contribution is 2.51. The average Bonchev–Trinajstić information content (AvgIpc) is 2.48. The van der Waals surface area contributed by atoms with Crippen LogP contribution in [0.2, 0.25) is 0 Å². The first-order chi connectivity index (χ1) is 9.53. The Labute approximate surface area is 122 Å². The first-order valence-electron chi connectivity index (χ1n) is 7.81. The van der Waals surface area contributed by atoms with E-state index in [9.17, 15) is 4.79 Å². The van der Waals surface area contributed by atoms with Crippen LogP contribution in [-0.2, 0) is 14.3 Å². The van der Waals surface area contributed by atoms with Gasteiger partial charge < -0.3 is 9.47 Å². The van der Waals surface area contributed by atoms with Gasteiger partial charge >= 0.3 is 0 Å². The van der Waals surface area contributed by atoms with Gasteiger partial charge in [0.1, 0.15) is 5.78 Å². The summed E-state index contributed by atoms with van der Waals surface area (Å²) in [6.07, 6.45) is 9.49. The number of rotatable bonds is 5. The molecule has 20 heavy (non-hydrogen) atoms. The SMILES string of the molecule is COC(CC(=O)[C@]1(C)[C@H](C)C=C[C@@H]2CCCC[C@H]21)OC. The third kappa shape index (κ3) is 2.71. The Morgan fingerprint density at radius 3 is 2.55 bits per heavy atom. The fourth-order valence-corrected chi connectivity index (χ4v) is 4.08. The van der Waals surface area contributed by atoms with Crippen molar-refractivity contribution in [1.29, 1.82) is 0 Å². The number of Topliss-reactive ketones (excluding diaryl/α,β-unsaturated/α-hetero) is 1. The van der Waals surface area contributed by atoms with E-state index in [1.165, 1.54) is 25.7 Å². The predicted octanol–water partition coefficient (Wildman–Crippen LogP) is 3.58. The molecule has 0 saturated heterocycles. The van der Waals surface area contributed by atoms with Gasteiger partial charge in [-0.1, -0.05) is 38.8 Å². The summed E-state index contributed by atoms with van der Waals surface area (Å²) in [6.45, 7) is 4.34. The number of hydrogen-bond donors (Lipinski definition) is 0. The standard InChI is InChI=1S/C17H28O3/c1-12-9-10-13-7-5-6-8-14(13)17(12,2)15(18)11-16(19-3)20-4/h9-10,12-14,16H,5-8,11H2,1-4H3/t12-,13+,14-,17-/m1/s1. The zero-order valence-corrected chi connectivity index (χ0v) is 13.2. The Morgan fingerprint density at radius 1 is 1.25 bits per heavy atom. The third-order valence-corrected chi connectivity index (χ3v) is 5.66. The summed E-state index contributed by atoms with van der Waals surface area (Å²) >= 11 is 0. The van der Waals surface area contributed by atoms with Crippen LogP contribution in [0.25, 0.3) is 0 Å². The molecule has 0 radical (unpaired) electrons. The molecule has 4 atom stereocenters. The van der Waals surface area contributed by atoms with Crippen LogP contribution in [0, 0.1) is 23.2 Å². The largest absolute Gasteiger partial charge is 0.355 e. The number of ketones is 1. The summed E-state index contributed by atoms with van der Waals surface area (Å²) in [5, 5.41) is 0. The fourth-order valence-electron chi connectivity index (χ4n) is 4.08. The maximum Gasteiger partial charge on any atom is 0.163 e. The number of carbonyl (C=O) groups is 1. The number of methoxy groups -OCH3 is 2. The number of hydrogen-bond acceptors (Lipinski definition) is 3. The monoisotopic (exact) mass is 280 g/mol. The summed E-state index contributed by atoms with van der Waals surface area (Å²) in [7, 11) is 3.19. The Hall–Kier alpha value is -0.670. The normalized spacial score (nSPS) is 37.0. The van der Waals surface area contributed by atoms with E-state index in [1.54, 1.807) is 14.2 Å². The lowest BCUT2D eigenvalue weighted by molar-refractivity contribution is -0.152. The van der Waals surface area contributed by atoms with Gasteiger partial charge in [0.2, 0.25) is 0 Å². The Morgan fingerprint density at radius 2 is 1.90 bits per heavy atom. The molecule has 1 fully saturated rings. The zero-order chi connectivity index (χ0) is 14.8. The van der Waals surface area contributed by atoms with E-state index in [1.807, 2.05) is 0 Å². The van der Waals surface area contributed by atoms with Crippen LogP contribution >= 0.6 is 0 Å². The molecule has 0 aliphatic heterocycles. The molecule has 0 N–H and O–H groups in total. The van der Waals surface area contributed by atoms with Gasteiger partial charge in [-0.3, -0.25) is 4.79 Å². The lowest BCUT2D eigenvalue weighted by Crippen LogP contribution is -2.48. The van der Waals surface area contributed by atoms with Crippen molar-refractivity contribution in [3.63, 3.8) is 0 Å². The molecule has 0 heterocycles. The minimum absolute atomic E-state index is 0.269. The maximum atomic E-state index is 12.9. The van der Waals surface area contributed by atoms with Gasteiger partial charge in [0.05, 0.1) is 6.42 Å². The lowest BCUT2D eigenvalue weighted by Gasteiger charge is -2.48. The van der Waals surface area contributed by atoms with Crippen LogP contribution in [0.3, 0.4) is 0 Å². The smallest absolute Gasteiger partial charge is 0.163 e. The highest BCUT2D eigenvalue weighted by Gasteiger charge is 2.49. The molecule has 0 aromatic carbocycles. The second-order valence-electron chi connectivity index (χ2n) is 6.54. The zero-order valence-electron chi connectivity index (χ0n) is 13.2. The van der Waals surface area contributed by atoms with E-state index in [4.69, 9.17) is 9.47 Å². The van der Waals surface area contributed by atoms with Gasteiger partial charge in [-0.2, -0.15) is 0 Å². The molecule has 0 amide bonds. The molecule has 0 unspecified atom stereocenters. The van der Waals surface area contributed by atoms with E-state index in [2.05, 4.69) is 26.0 Å². The van der Waals surface area contributed by atoms with Crippen molar-refractivity contribution in [3.8, 4) is 0 Å². The molecule has 0 aromatic heterocycles.